The average molecular weight is 282 g/mol. The molecule has 2 N–H and O–H groups in total. The molecule has 0 unspecified atom stereocenters. The lowest BCUT2D eigenvalue weighted by Crippen LogP contribution is -2.49. The molecule has 19 heavy (non-hydrogen) atoms. The van der Waals surface area contributed by atoms with Gasteiger partial charge in [0, 0.05) is 10.9 Å². The highest BCUT2D eigenvalue weighted by molar-refractivity contribution is 6.31. The van der Waals surface area contributed by atoms with E-state index in [9.17, 15) is 9.90 Å². The van der Waals surface area contributed by atoms with Crippen molar-refractivity contribution in [3.63, 3.8) is 0 Å². The van der Waals surface area contributed by atoms with Crippen LogP contribution in [-0.2, 0) is 4.79 Å². The Morgan fingerprint density at radius 2 is 2.21 bits per heavy atom. The van der Waals surface area contributed by atoms with Crippen molar-refractivity contribution in [1.29, 1.82) is 0 Å². The normalized spacial score (nSPS) is 24.6. The Hall–Kier alpha value is -1.06. The fraction of sp³-hybridized carbons (Fsp3) is 0.533. The topological polar surface area (TPSA) is 49.3 Å². The largest absolute Gasteiger partial charge is 0.394 e. The fourth-order valence-corrected chi connectivity index (χ4v) is 2.51. The highest BCUT2D eigenvalue weighted by Gasteiger charge is 2.46. The summed E-state index contributed by atoms with van der Waals surface area (Å²) in [5.41, 5.74) is 0.525. The summed E-state index contributed by atoms with van der Waals surface area (Å²) in [6.45, 7) is 3.77. The van der Waals surface area contributed by atoms with Crippen molar-refractivity contribution in [1.82, 2.24) is 5.32 Å². The van der Waals surface area contributed by atoms with Gasteiger partial charge in [0.25, 0.3) is 0 Å². The summed E-state index contributed by atoms with van der Waals surface area (Å²) < 4.78 is 0. The van der Waals surface area contributed by atoms with Crippen LogP contribution in [0.25, 0.3) is 0 Å². The lowest BCUT2D eigenvalue weighted by molar-refractivity contribution is -0.124. The standard InChI is InChI=1S/C15H20ClNO2/c1-3-15(2,9-18)17-14(19)12-8-11(12)10-6-4-5-7-13(10)16/h4-7,11-12,18H,3,8-9H2,1-2H3,(H,17,19)/t11-,12-,15-/m1/s1. The third kappa shape index (κ3) is 3.10. The molecule has 1 saturated carbocycles. The van der Waals surface area contributed by atoms with E-state index in [2.05, 4.69) is 5.32 Å². The number of nitrogens with one attached hydrogen (secondary N) is 1. The van der Waals surface area contributed by atoms with Crippen molar-refractivity contribution in [2.45, 2.75) is 38.1 Å². The summed E-state index contributed by atoms with van der Waals surface area (Å²) in [5.74, 6) is 0.217. The Balaban J connectivity index is 2.00. The summed E-state index contributed by atoms with van der Waals surface area (Å²) in [6, 6.07) is 7.67. The first-order valence-electron chi connectivity index (χ1n) is 6.68. The number of hydrogen-bond acceptors (Lipinski definition) is 2. The quantitative estimate of drug-likeness (QED) is 0.872. The van der Waals surface area contributed by atoms with Crippen LogP contribution in [0.5, 0.6) is 0 Å². The molecule has 0 spiro atoms. The van der Waals surface area contributed by atoms with E-state index in [1.54, 1.807) is 0 Å². The van der Waals surface area contributed by atoms with Crippen LogP contribution in [0.1, 0.15) is 38.2 Å². The zero-order valence-corrected chi connectivity index (χ0v) is 12.1. The molecule has 104 valence electrons. The monoisotopic (exact) mass is 281 g/mol. The van der Waals surface area contributed by atoms with Gasteiger partial charge in [0.05, 0.1) is 12.1 Å². The maximum atomic E-state index is 12.2. The molecule has 0 radical (unpaired) electrons. The number of benzene rings is 1. The van der Waals surface area contributed by atoms with E-state index in [0.29, 0.717) is 6.42 Å². The third-order valence-corrected chi connectivity index (χ3v) is 4.33. The maximum absolute atomic E-state index is 12.2. The molecule has 1 aliphatic rings. The Labute approximate surface area is 119 Å². The molecule has 0 saturated heterocycles. The minimum absolute atomic E-state index is 0.0164. The second kappa shape index (κ2) is 5.51. The van der Waals surface area contributed by atoms with Crippen LogP contribution < -0.4 is 5.32 Å². The zero-order chi connectivity index (χ0) is 14.0. The molecule has 1 amide bonds. The SMILES string of the molecule is CC[C@](C)(CO)NC(=O)[C@@H]1C[C@@H]1c1ccccc1Cl. The second-order valence-corrected chi connectivity index (χ2v) is 5.94. The molecule has 3 nitrogen and oxygen atoms in total. The van der Waals surface area contributed by atoms with Crippen LogP contribution in [0, 0.1) is 5.92 Å². The Bertz CT molecular complexity index is 471. The van der Waals surface area contributed by atoms with Gasteiger partial charge in [-0.3, -0.25) is 4.79 Å². The van der Waals surface area contributed by atoms with Gasteiger partial charge in [-0.25, -0.2) is 0 Å². The molecule has 2 rings (SSSR count). The maximum Gasteiger partial charge on any atom is 0.224 e. The van der Waals surface area contributed by atoms with Gasteiger partial charge in [-0.15, -0.1) is 0 Å². The molecular formula is C15H20ClNO2. The summed E-state index contributed by atoms with van der Waals surface area (Å²) in [5, 5.41) is 13.0. The molecule has 0 heterocycles. The van der Waals surface area contributed by atoms with Crippen molar-refractivity contribution in [3.8, 4) is 0 Å². The molecule has 3 atom stereocenters. The highest BCUT2D eigenvalue weighted by Crippen LogP contribution is 2.49. The highest BCUT2D eigenvalue weighted by atomic mass is 35.5. The minimum atomic E-state index is -0.523. The molecule has 1 aromatic rings. The third-order valence-electron chi connectivity index (χ3n) is 3.99. The summed E-state index contributed by atoms with van der Waals surface area (Å²) in [7, 11) is 0. The van der Waals surface area contributed by atoms with Crippen molar-refractivity contribution < 1.29 is 9.90 Å². The van der Waals surface area contributed by atoms with Crippen molar-refractivity contribution in [2.24, 2.45) is 5.92 Å². The Morgan fingerprint density at radius 3 is 2.79 bits per heavy atom. The number of aliphatic hydroxyl groups excluding tert-OH is 1. The van der Waals surface area contributed by atoms with Crippen LogP contribution in [0.3, 0.4) is 0 Å². The van der Waals surface area contributed by atoms with Crippen molar-refractivity contribution >= 4 is 17.5 Å². The van der Waals surface area contributed by atoms with Crippen LogP contribution in [0.2, 0.25) is 5.02 Å². The van der Waals surface area contributed by atoms with Crippen LogP contribution in [-0.4, -0.2) is 23.2 Å². The molecule has 0 bridgehead atoms. The van der Waals surface area contributed by atoms with Crippen molar-refractivity contribution in [2.75, 3.05) is 6.61 Å². The van der Waals surface area contributed by atoms with Gasteiger partial charge in [0.2, 0.25) is 5.91 Å². The molecule has 0 aromatic heterocycles. The number of amides is 1. The smallest absolute Gasteiger partial charge is 0.224 e. The lowest BCUT2D eigenvalue weighted by Gasteiger charge is -2.27. The number of halogens is 1. The van der Waals surface area contributed by atoms with Crippen LogP contribution in [0.15, 0.2) is 24.3 Å². The van der Waals surface area contributed by atoms with Gasteiger partial charge in [-0.2, -0.15) is 0 Å². The van der Waals surface area contributed by atoms with Gasteiger partial charge in [-0.05, 0) is 37.3 Å². The van der Waals surface area contributed by atoms with E-state index < -0.39 is 5.54 Å². The van der Waals surface area contributed by atoms with Crippen LogP contribution >= 0.6 is 11.6 Å². The number of carbonyl (C=O) groups is 1. The summed E-state index contributed by atoms with van der Waals surface area (Å²) >= 11 is 6.15. The van der Waals surface area contributed by atoms with E-state index in [1.165, 1.54) is 0 Å². The van der Waals surface area contributed by atoms with E-state index >= 15 is 0 Å². The number of aliphatic hydroxyl groups is 1. The molecule has 1 aromatic carbocycles. The van der Waals surface area contributed by atoms with E-state index in [4.69, 9.17) is 11.6 Å². The summed E-state index contributed by atoms with van der Waals surface area (Å²) in [4.78, 5) is 12.2. The minimum Gasteiger partial charge on any atom is -0.394 e. The van der Waals surface area contributed by atoms with Gasteiger partial charge >= 0.3 is 0 Å². The fourth-order valence-electron chi connectivity index (χ4n) is 2.23. The molecule has 1 fully saturated rings. The van der Waals surface area contributed by atoms with E-state index in [0.717, 1.165) is 17.0 Å². The molecule has 0 aliphatic heterocycles. The summed E-state index contributed by atoms with van der Waals surface area (Å²) in [6.07, 6.45) is 1.54. The van der Waals surface area contributed by atoms with Gasteiger partial charge in [0.1, 0.15) is 0 Å². The first-order chi connectivity index (χ1) is 9.00. The molecular weight excluding hydrogens is 262 g/mol. The number of hydrogen-bond donors (Lipinski definition) is 2. The first kappa shape index (κ1) is 14.4. The first-order valence-corrected chi connectivity index (χ1v) is 7.06. The predicted octanol–water partition coefficient (Wildman–Crippen LogP) is 2.72. The second-order valence-electron chi connectivity index (χ2n) is 5.53. The average Bonchev–Trinajstić information content (AvgIpc) is 3.19. The molecule has 4 heteroatoms. The lowest BCUT2D eigenvalue weighted by atomic mass is 9.99. The number of rotatable bonds is 5. The van der Waals surface area contributed by atoms with Crippen molar-refractivity contribution in [3.05, 3.63) is 34.9 Å². The van der Waals surface area contributed by atoms with Crippen LogP contribution in [0.4, 0.5) is 0 Å². The Morgan fingerprint density at radius 1 is 1.53 bits per heavy atom. The Kier molecular flexibility index (Phi) is 4.16. The van der Waals surface area contributed by atoms with E-state index in [-0.39, 0.29) is 24.3 Å². The van der Waals surface area contributed by atoms with Gasteiger partial charge < -0.3 is 10.4 Å². The zero-order valence-electron chi connectivity index (χ0n) is 11.3. The molecule has 1 aliphatic carbocycles. The predicted molar refractivity (Wildman–Crippen MR) is 76.2 cm³/mol. The van der Waals surface area contributed by atoms with Gasteiger partial charge in [0.15, 0.2) is 0 Å². The number of carbonyl (C=O) groups excluding carboxylic acids is 1. The van der Waals surface area contributed by atoms with Gasteiger partial charge in [-0.1, -0.05) is 36.7 Å². The van der Waals surface area contributed by atoms with E-state index in [1.807, 2.05) is 38.1 Å².